The summed E-state index contributed by atoms with van der Waals surface area (Å²) in [5, 5.41) is 0.894. The lowest BCUT2D eigenvalue weighted by molar-refractivity contribution is -0.128. The molecule has 0 aliphatic rings. The minimum Gasteiger partial charge on any atom is -0.361 e. The third-order valence-electron chi connectivity index (χ3n) is 4.21. The summed E-state index contributed by atoms with van der Waals surface area (Å²) in [5.41, 5.74) is 6.10. The summed E-state index contributed by atoms with van der Waals surface area (Å²) in [5.74, 6) is -3.55. The number of hydrogen-bond donors (Lipinski definition) is 4. The normalized spacial score (nSPS) is 11.4. The van der Waals surface area contributed by atoms with Crippen molar-refractivity contribution in [1.82, 2.24) is 20.6 Å². The number of nitrogens with one attached hydrogen (secondary N) is 4. The van der Waals surface area contributed by atoms with Crippen LogP contribution in [0.15, 0.2) is 53.6 Å². The molecule has 30 heavy (non-hydrogen) atoms. The second-order valence-electron chi connectivity index (χ2n) is 6.36. The number of aromatic amines is 1. The summed E-state index contributed by atoms with van der Waals surface area (Å²) in [6.45, 7) is -0.300. The van der Waals surface area contributed by atoms with E-state index in [0.29, 0.717) is 12.1 Å². The zero-order valence-corrected chi connectivity index (χ0v) is 16.4. The fourth-order valence-electron chi connectivity index (χ4n) is 2.72. The molecule has 3 aromatic rings. The number of hydrogen-bond acceptors (Lipinski definition) is 4. The molecule has 2 aromatic carbocycles. The van der Waals surface area contributed by atoms with Crippen LogP contribution in [0.2, 0.25) is 0 Å². The van der Waals surface area contributed by atoms with Gasteiger partial charge >= 0.3 is 0 Å². The Labute approximate surface area is 170 Å². The molecule has 0 fully saturated rings. The lowest BCUT2D eigenvalue weighted by atomic mass is 10.1. The predicted octanol–water partition coefficient (Wildman–Crippen LogP) is 1.50. The highest BCUT2D eigenvalue weighted by Crippen LogP contribution is 2.18. The highest BCUT2D eigenvalue weighted by atomic mass is 32.2. The molecule has 0 saturated carbocycles. The zero-order chi connectivity index (χ0) is 21.7. The van der Waals surface area contributed by atoms with Gasteiger partial charge in [-0.15, -0.1) is 0 Å². The minimum atomic E-state index is -4.11. The Morgan fingerprint density at radius 3 is 2.47 bits per heavy atom. The topological polar surface area (TPSA) is 120 Å². The molecule has 0 atom stereocenters. The number of para-hydroxylation sites is 1. The molecule has 4 N–H and O–H groups in total. The summed E-state index contributed by atoms with van der Waals surface area (Å²) < 4.78 is 52.2. The molecule has 0 aliphatic heterocycles. The highest BCUT2D eigenvalue weighted by Gasteiger charge is 2.17. The van der Waals surface area contributed by atoms with E-state index in [1.165, 1.54) is 0 Å². The maximum atomic E-state index is 13.2. The third kappa shape index (κ3) is 5.19. The van der Waals surface area contributed by atoms with Crippen molar-refractivity contribution in [2.45, 2.75) is 17.7 Å². The van der Waals surface area contributed by atoms with Gasteiger partial charge in [0.25, 0.3) is 0 Å². The summed E-state index contributed by atoms with van der Waals surface area (Å²) in [6.07, 6.45) is 1.46. The number of halogens is 2. The smallest absolute Gasteiger partial charge is 0.242 e. The van der Waals surface area contributed by atoms with Crippen molar-refractivity contribution < 1.29 is 26.8 Å². The number of carbonyl (C=O) groups is 2. The number of fused-ring (bicyclic) bond motifs is 1. The van der Waals surface area contributed by atoms with E-state index in [1.807, 2.05) is 24.3 Å². The van der Waals surface area contributed by atoms with Crippen LogP contribution in [0.1, 0.15) is 12.0 Å². The lowest BCUT2D eigenvalue weighted by Gasteiger charge is -2.09. The van der Waals surface area contributed by atoms with E-state index in [0.717, 1.165) is 22.5 Å². The number of sulfonamides is 1. The van der Waals surface area contributed by atoms with E-state index in [9.17, 15) is 26.8 Å². The van der Waals surface area contributed by atoms with Gasteiger partial charge in [-0.3, -0.25) is 20.4 Å². The van der Waals surface area contributed by atoms with Gasteiger partial charge in [0, 0.05) is 30.1 Å². The molecule has 0 bridgehead atoms. The number of hydrazine groups is 1. The fraction of sp³-hybridized carbons (Fsp3) is 0.158. The molecule has 8 nitrogen and oxygen atoms in total. The second-order valence-corrected chi connectivity index (χ2v) is 8.12. The summed E-state index contributed by atoms with van der Waals surface area (Å²) >= 11 is 0. The summed E-state index contributed by atoms with van der Waals surface area (Å²) in [6, 6.07) is 9.60. The quantitative estimate of drug-likeness (QED) is 0.420. The Balaban J connectivity index is 1.44. The van der Waals surface area contributed by atoms with Crippen LogP contribution in [0, 0.1) is 11.6 Å². The standard InChI is InChI=1S/C19H18F2N4O4S/c20-15-6-5-13(10-16(15)21)30(28,29)23-8-7-18(26)24-25-19(27)9-12-11-22-17-4-2-1-3-14(12)17/h1-6,10-11,22-23H,7-9H2,(H,24,26)(H,25,27). The van der Waals surface area contributed by atoms with Crippen LogP contribution in [0.5, 0.6) is 0 Å². The molecule has 0 saturated heterocycles. The van der Waals surface area contributed by atoms with E-state index in [-0.39, 0.29) is 19.4 Å². The molecule has 11 heteroatoms. The highest BCUT2D eigenvalue weighted by molar-refractivity contribution is 7.89. The van der Waals surface area contributed by atoms with Crippen molar-refractivity contribution in [3.63, 3.8) is 0 Å². The van der Waals surface area contributed by atoms with Crippen LogP contribution >= 0.6 is 0 Å². The van der Waals surface area contributed by atoms with Crippen molar-refractivity contribution in [3.8, 4) is 0 Å². The Kier molecular flexibility index (Phi) is 6.43. The number of amides is 2. The molecular weight excluding hydrogens is 418 g/mol. The van der Waals surface area contributed by atoms with E-state index >= 15 is 0 Å². The van der Waals surface area contributed by atoms with Crippen molar-refractivity contribution in [2.24, 2.45) is 0 Å². The van der Waals surface area contributed by atoms with E-state index < -0.39 is 38.4 Å². The predicted molar refractivity (Wildman–Crippen MR) is 104 cm³/mol. The van der Waals surface area contributed by atoms with Gasteiger partial charge in [-0.25, -0.2) is 21.9 Å². The van der Waals surface area contributed by atoms with Crippen LogP contribution < -0.4 is 15.6 Å². The summed E-state index contributed by atoms with van der Waals surface area (Å²) in [7, 11) is -4.11. The Hall–Kier alpha value is -3.31. The van der Waals surface area contributed by atoms with Gasteiger partial charge in [0.15, 0.2) is 11.6 Å². The number of aromatic nitrogens is 1. The van der Waals surface area contributed by atoms with Gasteiger partial charge < -0.3 is 4.98 Å². The molecular formula is C19H18F2N4O4S. The van der Waals surface area contributed by atoms with Crippen molar-refractivity contribution in [3.05, 3.63) is 65.9 Å². The van der Waals surface area contributed by atoms with Gasteiger partial charge in [-0.1, -0.05) is 18.2 Å². The SMILES string of the molecule is O=C(CCNS(=O)(=O)c1ccc(F)c(F)c1)NNC(=O)Cc1c[nH]c2ccccc12. The van der Waals surface area contributed by atoms with E-state index in [4.69, 9.17) is 0 Å². The Morgan fingerprint density at radius 2 is 1.70 bits per heavy atom. The molecule has 0 radical (unpaired) electrons. The maximum Gasteiger partial charge on any atom is 0.242 e. The van der Waals surface area contributed by atoms with Crippen molar-refractivity contribution in [1.29, 1.82) is 0 Å². The average molecular weight is 436 g/mol. The first-order valence-electron chi connectivity index (χ1n) is 8.83. The van der Waals surface area contributed by atoms with Gasteiger partial charge in [0.2, 0.25) is 21.8 Å². The molecule has 3 rings (SSSR count). The average Bonchev–Trinajstić information content (AvgIpc) is 3.11. The van der Waals surface area contributed by atoms with Crippen LogP contribution in [0.4, 0.5) is 8.78 Å². The first kappa shape index (κ1) is 21.4. The van der Waals surface area contributed by atoms with Crippen molar-refractivity contribution in [2.75, 3.05) is 6.54 Å². The molecule has 0 aliphatic carbocycles. The second kappa shape index (κ2) is 9.01. The minimum absolute atomic E-state index is 0.0348. The Morgan fingerprint density at radius 1 is 0.967 bits per heavy atom. The summed E-state index contributed by atoms with van der Waals surface area (Å²) in [4.78, 5) is 26.4. The molecule has 0 unspecified atom stereocenters. The van der Waals surface area contributed by atoms with Crippen LogP contribution in [0.3, 0.4) is 0 Å². The van der Waals surface area contributed by atoms with Gasteiger partial charge in [0.1, 0.15) is 0 Å². The maximum absolute atomic E-state index is 13.2. The number of carbonyl (C=O) groups excluding carboxylic acids is 2. The first-order chi connectivity index (χ1) is 14.3. The molecule has 1 heterocycles. The lowest BCUT2D eigenvalue weighted by Crippen LogP contribution is -2.43. The Bertz CT molecular complexity index is 1190. The molecule has 158 valence electrons. The zero-order valence-electron chi connectivity index (χ0n) is 15.5. The number of benzene rings is 2. The van der Waals surface area contributed by atoms with Gasteiger partial charge in [-0.2, -0.15) is 0 Å². The van der Waals surface area contributed by atoms with Crippen LogP contribution in [0.25, 0.3) is 10.9 Å². The molecule has 0 spiro atoms. The number of H-pyrrole nitrogens is 1. The monoisotopic (exact) mass is 436 g/mol. The molecule has 1 aromatic heterocycles. The van der Waals surface area contributed by atoms with Gasteiger partial charge in [0.05, 0.1) is 11.3 Å². The largest absolute Gasteiger partial charge is 0.361 e. The van der Waals surface area contributed by atoms with Gasteiger partial charge in [-0.05, 0) is 29.8 Å². The number of rotatable bonds is 7. The van der Waals surface area contributed by atoms with E-state index in [2.05, 4.69) is 20.6 Å². The van der Waals surface area contributed by atoms with E-state index in [1.54, 1.807) is 6.20 Å². The third-order valence-corrected chi connectivity index (χ3v) is 5.67. The van der Waals surface area contributed by atoms with Crippen LogP contribution in [-0.4, -0.2) is 31.8 Å². The molecule has 2 amide bonds. The van der Waals surface area contributed by atoms with Crippen LogP contribution in [-0.2, 0) is 26.0 Å². The fourth-order valence-corrected chi connectivity index (χ4v) is 3.77. The van der Waals surface area contributed by atoms with Crippen molar-refractivity contribution >= 4 is 32.7 Å². The first-order valence-corrected chi connectivity index (χ1v) is 10.3.